The molecule has 0 aromatic carbocycles. The molecule has 0 atom stereocenters. The van der Waals surface area contributed by atoms with Crippen molar-refractivity contribution in [3.05, 3.63) is 0 Å². The second-order valence-electron chi connectivity index (χ2n) is 3.03. The molecule has 2 N–H and O–H groups in total. The van der Waals surface area contributed by atoms with Crippen LogP contribution >= 0.6 is 11.6 Å². The Morgan fingerprint density at radius 2 is 2.18 bits per heavy atom. The lowest BCUT2D eigenvalue weighted by atomic mass is 10.1. The smallest absolute Gasteiger partial charge is 0.221 e. The maximum absolute atomic E-state index is 10.9. The molecule has 0 aromatic heterocycles. The molecule has 0 aliphatic rings. The molecule has 0 heterocycles. The number of nitrogens with one attached hydrogen (secondary N) is 1. The van der Waals surface area contributed by atoms with Crippen molar-refractivity contribution in [3.8, 4) is 0 Å². The number of amides is 1. The van der Waals surface area contributed by atoms with Crippen molar-refractivity contribution in [2.75, 3.05) is 12.5 Å². The molecule has 0 saturated heterocycles. The maximum atomic E-state index is 10.9. The molecule has 1 amide bonds. The van der Waals surface area contributed by atoms with E-state index in [1.807, 2.05) is 0 Å². The standard InChI is InChI=1S/C7H14ClNO2/c1-7(2,5-10)9-6(11)3-4-8/h10H,3-5H2,1-2H3,(H,9,11). The van der Waals surface area contributed by atoms with E-state index < -0.39 is 5.54 Å². The first-order valence-corrected chi connectivity index (χ1v) is 4.03. The van der Waals surface area contributed by atoms with Crippen LogP contribution in [0.4, 0.5) is 0 Å². The number of rotatable bonds is 4. The van der Waals surface area contributed by atoms with Gasteiger partial charge < -0.3 is 10.4 Å². The van der Waals surface area contributed by atoms with Crippen LogP contribution in [-0.2, 0) is 4.79 Å². The Kier molecular flexibility index (Phi) is 4.45. The maximum Gasteiger partial charge on any atom is 0.221 e. The highest BCUT2D eigenvalue weighted by Gasteiger charge is 2.17. The number of hydrogen-bond donors (Lipinski definition) is 2. The Labute approximate surface area is 71.7 Å². The summed E-state index contributed by atoms with van der Waals surface area (Å²) in [6.07, 6.45) is 0.297. The fraction of sp³-hybridized carbons (Fsp3) is 0.857. The van der Waals surface area contributed by atoms with Crippen LogP contribution in [0.5, 0.6) is 0 Å². The van der Waals surface area contributed by atoms with E-state index in [9.17, 15) is 4.79 Å². The Morgan fingerprint density at radius 3 is 2.55 bits per heavy atom. The van der Waals surface area contributed by atoms with Crippen molar-refractivity contribution in [2.45, 2.75) is 25.8 Å². The predicted molar refractivity (Wildman–Crippen MR) is 44.6 cm³/mol. The number of halogens is 1. The predicted octanol–water partition coefficient (Wildman–Crippen LogP) is 0.502. The van der Waals surface area contributed by atoms with E-state index in [4.69, 9.17) is 16.7 Å². The highest BCUT2D eigenvalue weighted by atomic mass is 35.5. The van der Waals surface area contributed by atoms with Gasteiger partial charge in [-0.2, -0.15) is 0 Å². The van der Waals surface area contributed by atoms with Gasteiger partial charge >= 0.3 is 0 Å². The van der Waals surface area contributed by atoms with Gasteiger partial charge in [0.25, 0.3) is 0 Å². The molecule has 11 heavy (non-hydrogen) atoms. The minimum absolute atomic E-state index is 0.0684. The first kappa shape index (κ1) is 10.7. The van der Waals surface area contributed by atoms with Gasteiger partial charge in [-0.3, -0.25) is 4.79 Å². The largest absolute Gasteiger partial charge is 0.394 e. The van der Waals surface area contributed by atoms with Crippen molar-refractivity contribution in [3.63, 3.8) is 0 Å². The van der Waals surface area contributed by atoms with E-state index in [2.05, 4.69) is 5.32 Å². The summed E-state index contributed by atoms with van der Waals surface area (Å²) in [5.74, 6) is 0.187. The average Bonchev–Trinajstić information content (AvgIpc) is 1.87. The van der Waals surface area contributed by atoms with Crippen LogP contribution in [-0.4, -0.2) is 29.0 Å². The van der Waals surface area contributed by atoms with Gasteiger partial charge in [0.05, 0.1) is 12.1 Å². The first-order chi connectivity index (χ1) is 5.02. The minimum Gasteiger partial charge on any atom is -0.394 e. The molecule has 0 aliphatic carbocycles. The zero-order valence-corrected chi connectivity index (χ0v) is 7.61. The van der Waals surface area contributed by atoms with Crippen LogP contribution in [0, 0.1) is 0 Å². The van der Waals surface area contributed by atoms with E-state index in [1.165, 1.54) is 0 Å². The highest BCUT2D eigenvalue weighted by molar-refractivity contribution is 6.18. The zero-order valence-electron chi connectivity index (χ0n) is 6.85. The molecular weight excluding hydrogens is 166 g/mol. The van der Waals surface area contributed by atoms with Crippen LogP contribution in [0.1, 0.15) is 20.3 Å². The fourth-order valence-electron chi connectivity index (χ4n) is 0.565. The van der Waals surface area contributed by atoms with Gasteiger partial charge in [0.15, 0.2) is 0 Å². The molecule has 0 spiro atoms. The summed E-state index contributed by atoms with van der Waals surface area (Å²) in [5.41, 5.74) is -0.539. The number of aliphatic hydroxyl groups excluding tert-OH is 1. The molecule has 0 fully saturated rings. The van der Waals surface area contributed by atoms with E-state index in [0.29, 0.717) is 12.3 Å². The third kappa shape index (κ3) is 5.04. The lowest BCUT2D eigenvalue weighted by Gasteiger charge is -2.23. The molecule has 4 heteroatoms. The summed E-state index contributed by atoms with van der Waals surface area (Å²) in [4.78, 5) is 10.9. The molecule has 66 valence electrons. The molecular formula is C7H14ClNO2. The lowest BCUT2D eigenvalue weighted by molar-refractivity contribution is -0.122. The van der Waals surface area contributed by atoms with Gasteiger partial charge in [-0.05, 0) is 13.8 Å². The molecule has 0 rings (SSSR count). The monoisotopic (exact) mass is 179 g/mol. The molecule has 0 unspecified atom stereocenters. The third-order valence-electron chi connectivity index (χ3n) is 1.19. The molecule has 3 nitrogen and oxygen atoms in total. The Balaban J connectivity index is 3.74. The lowest BCUT2D eigenvalue weighted by Crippen LogP contribution is -2.46. The van der Waals surface area contributed by atoms with Crippen molar-refractivity contribution in [2.24, 2.45) is 0 Å². The Morgan fingerprint density at radius 1 is 1.64 bits per heavy atom. The van der Waals surface area contributed by atoms with Gasteiger partial charge in [0.2, 0.25) is 5.91 Å². The number of carbonyl (C=O) groups excluding carboxylic acids is 1. The van der Waals surface area contributed by atoms with Crippen molar-refractivity contribution in [1.82, 2.24) is 5.32 Å². The second-order valence-corrected chi connectivity index (χ2v) is 3.41. The molecule has 0 aliphatic heterocycles. The van der Waals surface area contributed by atoms with E-state index in [-0.39, 0.29) is 12.5 Å². The molecule has 0 saturated carbocycles. The van der Waals surface area contributed by atoms with E-state index in [0.717, 1.165) is 0 Å². The van der Waals surface area contributed by atoms with E-state index >= 15 is 0 Å². The van der Waals surface area contributed by atoms with Gasteiger partial charge in [0.1, 0.15) is 0 Å². The summed E-state index contributed by atoms with van der Waals surface area (Å²) >= 11 is 5.35. The van der Waals surface area contributed by atoms with Crippen LogP contribution < -0.4 is 5.32 Å². The summed E-state index contributed by atoms with van der Waals surface area (Å²) in [6.45, 7) is 3.43. The second kappa shape index (κ2) is 4.57. The number of aliphatic hydroxyl groups is 1. The van der Waals surface area contributed by atoms with Crippen LogP contribution in [0.2, 0.25) is 0 Å². The van der Waals surface area contributed by atoms with Crippen LogP contribution in [0.15, 0.2) is 0 Å². The zero-order chi connectivity index (χ0) is 8.91. The SMILES string of the molecule is CC(C)(CO)NC(=O)CCCl. The summed E-state index contributed by atoms with van der Waals surface area (Å²) in [7, 11) is 0. The summed E-state index contributed by atoms with van der Waals surface area (Å²) in [5, 5.41) is 11.4. The van der Waals surface area contributed by atoms with Gasteiger partial charge in [-0.15, -0.1) is 11.6 Å². The van der Waals surface area contributed by atoms with Crippen molar-refractivity contribution < 1.29 is 9.90 Å². The molecule has 0 bridgehead atoms. The van der Waals surface area contributed by atoms with Gasteiger partial charge in [0, 0.05) is 12.3 Å². The average molecular weight is 180 g/mol. The van der Waals surface area contributed by atoms with Crippen LogP contribution in [0.3, 0.4) is 0 Å². The van der Waals surface area contributed by atoms with Crippen molar-refractivity contribution >= 4 is 17.5 Å². The van der Waals surface area contributed by atoms with Crippen molar-refractivity contribution in [1.29, 1.82) is 0 Å². The van der Waals surface area contributed by atoms with Crippen LogP contribution in [0.25, 0.3) is 0 Å². The molecule has 0 radical (unpaired) electrons. The quantitative estimate of drug-likeness (QED) is 0.618. The highest BCUT2D eigenvalue weighted by Crippen LogP contribution is 2.00. The number of hydrogen-bond acceptors (Lipinski definition) is 2. The topological polar surface area (TPSA) is 49.3 Å². The first-order valence-electron chi connectivity index (χ1n) is 3.49. The Hall–Kier alpha value is -0.280. The Bertz CT molecular complexity index is 136. The summed E-state index contributed by atoms with van der Waals surface area (Å²) < 4.78 is 0. The minimum atomic E-state index is -0.539. The fourth-order valence-corrected chi connectivity index (χ4v) is 0.737. The molecule has 0 aromatic rings. The number of carbonyl (C=O) groups is 1. The van der Waals surface area contributed by atoms with E-state index in [1.54, 1.807) is 13.8 Å². The summed E-state index contributed by atoms with van der Waals surface area (Å²) in [6, 6.07) is 0. The van der Waals surface area contributed by atoms with Gasteiger partial charge in [-0.25, -0.2) is 0 Å². The number of alkyl halides is 1. The van der Waals surface area contributed by atoms with Gasteiger partial charge in [-0.1, -0.05) is 0 Å². The third-order valence-corrected chi connectivity index (χ3v) is 1.38. The normalized spacial score (nSPS) is 11.3.